The molecule has 0 fully saturated rings. The highest BCUT2D eigenvalue weighted by Gasteiger charge is 2.24. The van der Waals surface area contributed by atoms with E-state index < -0.39 is 0 Å². The van der Waals surface area contributed by atoms with E-state index in [-0.39, 0.29) is 5.91 Å². The molecule has 0 atom stereocenters. The summed E-state index contributed by atoms with van der Waals surface area (Å²) in [6, 6.07) is 24.3. The SMILES string of the molecule is CN(C)CCOc1ccc2[nH]c(/C=C3/C(=O)Nc4ccc(-c5ccccc5)cc43)cc2c1. The van der Waals surface area contributed by atoms with Crippen molar-refractivity contribution in [3.8, 4) is 16.9 Å². The quantitative estimate of drug-likeness (QED) is 0.416. The lowest BCUT2D eigenvalue weighted by Crippen LogP contribution is -2.19. The van der Waals surface area contributed by atoms with Crippen LogP contribution in [-0.2, 0) is 4.79 Å². The molecule has 160 valence electrons. The lowest BCUT2D eigenvalue weighted by atomic mass is 9.99. The second kappa shape index (κ2) is 8.36. The highest BCUT2D eigenvalue weighted by Crippen LogP contribution is 2.36. The lowest BCUT2D eigenvalue weighted by molar-refractivity contribution is -0.110. The van der Waals surface area contributed by atoms with Gasteiger partial charge < -0.3 is 19.9 Å². The van der Waals surface area contributed by atoms with Crippen LogP contribution in [0.1, 0.15) is 11.3 Å². The molecule has 0 saturated heterocycles. The van der Waals surface area contributed by atoms with E-state index in [9.17, 15) is 4.79 Å². The van der Waals surface area contributed by atoms with Gasteiger partial charge in [0.1, 0.15) is 12.4 Å². The van der Waals surface area contributed by atoms with Crippen LogP contribution in [0.25, 0.3) is 33.7 Å². The number of likely N-dealkylation sites (N-methyl/N-ethyl adjacent to an activating group) is 1. The maximum Gasteiger partial charge on any atom is 0.256 e. The third kappa shape index (κ3) is 4.03. The van der Waals surface area contributed by atoms with Crippen molar-refractivity contribution in [2.24, 2.45) is 0 Å². The Kier molecular flexibility index (Phi) is 5.25. The molecule has 1 aromatic heterocycles. The van der Waals surface area contributed by atoms with Crippen LogP contribution in [0, 0.1) is 0 Å². The molecule has 0 aliphatic carbocycles. The molecule has 3 aromatic carbocycles. The fourth-order valence-electron chi connectivity index (χ4n) is 3.94. The summed E-state index contributed by atoms with van der Waals surface area (Å²) in [6.07, 6.45) is 1.92. The normalized spacial score (nSPS) is 14.2. The smallest absolute Gasteiger partial charge is 0.256 e. The summed E-state index contributed by atoms with van der Waals surface area (Å²) in [5.74, 6) is 0.755. The highest BCUT2D eigenvalue weighted by atomic mass is 16.5. The summed E-state index contributed by atoms with van der Waals surface area (Å²) >= 11 is 0. The van der Waals surface area contributed by atoms with Gasteiger partial charge in [-0.05, 0) is 67.7 Å². The maximum absolute atomic E-state index is 12.7. The molecule has 1 amide bonds. The first-order chi connectivity index (χ1) is 15.6. The Labute approximate surface area is 187 Å². The zero-order chi connectivity index (χ0) is 22.1. The monoisotopic (exact) mass is 423 g/mol. The maximum atomic E-state index is 12.7. The van der Waals surface area contributed by atoms with Crippen LogP contribution in [0.15, 0.2) is 72.8 Å². The van der Waals surface area contributed by atoms with Gasteiger partial charge in [0.05, 0.1) is 5.57 Å². The molecule has 2 N–H and O–H groups in total. The minimum absolute atomic E-state index is 0.0865. The topological polar surface area (TPSA) is 57.4 Å². The van der Waals surface area contributed by atoms with Crippen LogP contribution in [0.5, 0.6) is 5.75 Å². The molecule has 5 heteroatoms. The van der Waals surface area contributed by atoms with Gasteiger partial charge in [0.15, 0.2) is 0 Å². The summed E-state index contributed by atoms with van der Waals surface area (Å²) in [6.45, 7) is 1.50. The number of nitrogens with zero attached hydrogens (tertiary/aromatic N) is 1. The predicted octanol–water partition coefficient (Wildman–Crippen LogP) is 5.27. The number of aromatic nitrogens is 1. The van der Waals surface area contributed by atoms with Crippen molar-refractivity contribution in [1.82, 2.24) is 9.88 Å². The molecular weight excluding hydrogens is 398 g/mol. The van der Waals surface area contributed by atoms with E-state index in [4.69, 9.17) is 4.74 Å². The summed E-state index contributed by atoms with van der Waals surface area (Å²) in [4.78, 5) is 18.2. The molecule has 2 heterocycles. The van der Waals surface area contributed by atoms with Gasteiger partial charge in [0.2, 0.25) is 0 Å². The second-order valence-corrected chi connectivity index (χ2v) is 8.26. The fourth-order valence-corrected chi connectivity index (χ4v) is 3.94. The van der Waals surface area contributed by atoms with Crippen molar-refractivity contribution < 1.29 is 9.53 Å². The second-order valence-electron chi connectivity index (χ2n) is 8.26. The van der Waals surface area contributed by atoms with E-state index in [1.165, 1.54) is 0 Å². The average molecular weight is 424 g/mol. The van der Waals surface area contributed by atoms with E-state index >= 15 is 0 Å². The molecule has 1 aliphatic rings. The van der Waals surface area contributed by atoms with E-state index in [0.29, 0.717) is 12.2 Å². The lowest BCUT2D eigenvalue weighted by Gasteiger charge is -2.10. The third-order valence-electron chi connectivity index (χ3n) is 5.63. The van der Waals surface area contributed by atoms with Crippen LogP contribution < -0.4 is 10.1 Å². The molecular formula is C27H25N3O2. The Bertz CT molecular complexity index is 1320. The van der Waals surface area contributed by atoms with Crippen molar-refractivity contribution in [1.29, 1.82) is 0 Å². The molecule has 5 rings (SSSR count). The number of hydrogen-bond acceptors (Lipinski definition) is 3. The van der Waals surface area contributed by atoms with Gasteiger partial charge in [-0.25, -0.2) is 0 Å². The van der Waals surface area contributed by atoms with Gasteiger partial charge in [-0.15, -0.1) is 0 Å². The molecule has 0 radical (unpaired) electrons. The van der Waals surface area contributed by atoms with Crippen LogP contribution >= 0.6 is 0 Å². The molecule has 0 saturated carbocycles. The number of fused-ring (bicyclic) bond motifs is 2. The van der Waals surface area contributed by atoms with E-state index in [1.807, 2.05) is 74.8 Å². The molecule has 32 heavy (non-hydrogen) atoms. The Morgan fingerprint density at radius 2 is 1.78 bits per heavy atom. The Morgan fingerprint density at radius 1 is 0.938 bits per heavy atom. The standard InChI is InChI=1S/C27H25N3O2/c1-30(2)12-13-32-22-9-11-25-20(15-22)14-21(28-25)17-24-23-16-19(18-6-4-3-5-7-18)8-10-26(23)29-27(24)31/h3-11,14-17,28H,12-13H2,1-2H3,(H,29,31)/b24-17+. The van der Waals surface area contributed by atoms with Gasteiger partial charge in [0, 0.05) is 34.4 Å². The first-order valence-electron chi connectivity index (χ1n) is 10.7. The number of aromatic amines is 1. The van der Waals surface area contributed by atoms with Crippen LogP contribution in [-0.4, -0.2) is 43.0 Å². The van der Waals surface area contributed by atoms with Gasteiger partial charge in [0.25, 0.3) is 5.91 Å². The summed E-state index contributed by atoms with van der Waals surface area (Å²) in [7, 11) is 4.05. The van der Waals surface area contributed by atoms with Gasteiger partial charge in [-0.2, -0.15) is 0 Å². The number of ether oxygens (including phenoxy) is 1. The molecule has 0 bridgehead atoms. The third-order valence-corrected chi connectivity index (χ3v) is 5.63. The molecule has 4 aromatic rings. The van der Waals surface area contributed by atoms with Crippen molar-refractivity contribution >= 4 is 34.1 Å². The van der Waals surface area contributed by atoms with Gasteiger partial charge in [-0.1, -0.05) is 36.4 Å². The van der Waals surface area contributed by atoms with E-state index in [0.717, 1.165) is 51.3 Å². The summed E-state index contributed by atoms with van der Waals surface area (Å²) < 4.78 is 5.85. The number of H-pyrrole nitrogens is 1. The number of hydrogen-bond donors (Lipinski definition) is 2. The van der Waals surface area contributed by atoms with Crippen molar-refractivity contribution in [2.45, 2.75) is 0 Å². The molecule has 0 unspecified atom stereocenters. The van der Waals surface area contributed by atoms with Crippen LogP contribution in [0.4, 0.5) is 5.69 Å². The number of rotatable bonds is 6. The largest absolute Gasteiger partial charge is 0.492 e. The number of carbonyl (C=O) groups is 1. The van der Waals surface area contributed by atoms with Crippen LogP contribution in [0.2, 0.25) is 0 Å². The van der Waals surface area contributed by atoms with Crippen molar-refractivity contribution in [3.05, 3.63) is 84.1 Å². The minimum atomic E-state index is -0.0865. The summed E-state index contributed by atoms with van der Waals surface area (Å²) in [5, 5.41) is 4.03. The average Bonchev–Trinajstić information content (AvgIpc) is 3.33. The minimum Gasteiger partial charge on any atom is -0.492 e. The van der Waals surface area contributed by atoms with Gasteiger partial charge >= 0.3 is 0 Å². The van der Waals surface area contributed by atoms with E-state index in [1.54, 1.807) is 0 Å². The number of anilines is 1. The Morgan fingerprint density at radius 3 is 2.59 bits per heavy atom. The fraction of sp³-hybridized carbons (Fsp3) is 0.148. The number of nitrogens with one attached hydrogen (secondary N) is 2. The van der Waals surface area contributed by atoms with Crippen LogP contribution in [0.3, 0.4) is 0 Å². The zero-order valence-corrected chi connectivity index (χ0v) is 18.2. The Hall–Kier alpha value is -3.83. The van der Waals surface area contributed by atoms with E-state index in [2.05, 4.69) is 33.4 Å². The van der Waals surface area contributed by atoms with Crippen molar-refractivity contribution in [3.63, 3.8) is 0 Å². The summed E-state index contributed by atoms with van der Waals surface area (Å²) in [5.41, 5.74) is 6.52. The first kappa shape index (κ1) is 20.1. The number of benzene rings is 3. The Balaban J connectivity index is 1.45. The number of amides is 1. The molecule has 1 aliphatic heterocycles. The van der Waals surface area contributed by atoms with Crippen molar-refractivity contribution in [2.75, 3.05) is 32.6 Å². The number of carbonyl (C=O) groups excluding carboxylic acids is 1. The predicted molar refractivity (Wildman–Crippen MR) is 131 cm³/mol. The molecule has 5 nitrogen and oxygen atoms in total. The molecule has 0 spiro atoms. The highest BCUT2D eigenvalue weighted by molar-refractivity contribution is 6.35. The zero-order valence-electron chi connectivity index (χ0n) is 18.2. The van der Waals surface area contributed by atoms with Gasteiger partial charge in [-0.3, -0.25) is 4.79 Å². The first-order valence-corrected chi connectivity index (χ1v) is 10.7.